The highest BCUT2D eigenvalue weighted by atomic mass is 16.5. The Kier molecular flexibility index (Phi) is 4.41. The van der Waals surface area contributed by atoms with Gasteiger partial charge in [-0.3, -0.25) is 0 Å². The van der Waals surface area contributed by atoms with Gasteiger partial charge in [-0.05, 0) is 37.9 Å². The molecule has 0 saturated carbocycles. The number of hydrogen-bond donors (Lipinski definition) is 1. The molecule has 0 radical (unpaired) electrons. The number of pyridine rings is 1. The van der Waals surface area contributed by atoms with E-state index in [0.717, 1.165) is 37.7 Å². The molecule has 0 amide bonds. The van der Waals surface area contributed by atoms with Gasteiger partial charge in [0, 0.05) is 39.5 Å². The number of nitrogens with zero attached hydrogens (tertiary/aromatic N) is 3. The van der Waals surface area contributed by atoms with E-state index in [1.165, 1.54) is 18.5 Å². The number of rotatable bonds is 5. The van der Waals surface area contributed by atoms with E-state index in [4.69, 9.17) is 9.72 Å². The Hall–Kier alpha value is -1.59. The lowest BCUT2D eigenvalue weighted by Crippen LogP contribution is -2.36. The summed E-state index contributed by atoms with van der Waals surface area (Å²) < 4.78 is 7.47. The lowest BCUT2D eigenvalue weighted by Gasteiger charge is -2.32. The van der Waals surface area contributed by atoms with Crippen LogP contribution in [0.1, 0.15) is 18.5 Å². The summed E-state index contributed by atoms with van der Waals surface area (Å²) in [7, 11) is 3.77. The van der Waals surface area contributed by atoms with Crippen LogP contribution in [-0.2, 0) is 11.3 Å². The second-order valence-corrected chi connectivity index (χ2v) is 5.73. The smallest absolute Gasteiger partial charge is 0.152 e. The molecule has 0 aliphatic carbocycles. The topological polar surface area (TPSA) is 41.8 Å². The molecule has 0 unspecified atom stereocenters. The predicted molar refractivity (Wildman–Crippen MR) is 84.8 cm³/mol. The summed E-state index contributed by atoms with van der Waals surface area (Å²) in [6.07, 6.45) is 4.46. The van der Waals surface area contributed by atoms with Gasteiger partial charge in [-0.1, -0.05) is 6.07 Å². The molecular formula is C16H24N4O. The van der Waals surface area contributed by atoms with E-state index in [1.54, 1.807) is 7.11 Å². The fourth-order valence-corrected chi connectivity index (χ4v) is 3.17. The van der Waals surface area contributed by atoms with Gasteiger partial charge in [0.15, 0.2) is 5.82 Å². The number of anilines is 1. The molecule has 5 heteroatoms. The molecule has 1 aliphatic heterocycles. The van der Waals surface area contributed by atoms with E-state index in [9.17, 15) is 0 Å². The van der Waals surface area contributed by atoms with Gasteiger partial charge in [0.2, 0.25) is 0 Å². The summed E-state index contributed by atoms with van der Waals surface area (Å²) in [6.45, 7) is 3.84. The molecule has 1 aliphatic rings. The maximum atomic E-state index is 5.28. The van der Waals surface area contributed by atoms with Crippen LogP contribution in [0.4, 0.5) is 5.82 Å². The first kappa shape index (κ1) is 14.4. The van der Waals surface area contributed by atoms with Crippen LogP contribution in [0.2, 0.25) is 0 Å². The van der Waals surface area contributed by atoms with Gasteiger partial charge in [-0.25, -0.2) is 4.98 Å². The molecule has 0 bridgehead atoms. The van der Waals surface area contributed by atoms with Crippen molar-refractivity contribution in [3.05, 3.63) is 30.1 Å². The molecule has 1 N–H and O–H groups in total. The molecule has 0 atom stereocenters. The number of methoxy groups -OCH3 is 1. The van der Waals surface area contributed by atoms with Gasteiger partial charge < -0.3 is 19.4 Å². The van der Waals surface area contributed by atoms with Crippen LogP contribution < -0.4 is 10.2 Å². The van der Waals surface area contributed by atoms with Gasteiger partial charge in [-0.2, -0.15) is 0 Å². The quantitative estimate of drug-likeness (QED) is 0.912. The average Bonchev–Trinajstić information content (AvgIpc) is 2.88. The van der Waals surface area contributed by atoms with Crippen LogP contribution in [0.5, 0.6) is 0 Å². The fourth-order valence-electron chi connectivity index (χ4n) is 3.17. The third kappa shape index (κ3) is 2.89. The van der Waals surface area contributed by atoms with E-state index < -0.39 is 0 Å². The largest absolute Gasteiger partial charge is 0.384 e. The second-order valence-electron chi connectivity index (χ2n) is 5.73. The van der Waals surface area contributed by atoms with Crippen LogP contribution in [-0.4, -0.2) is 43.2 Å². The first-order chi connectivity index (χ1) is 10.3. The highest BCUT2D eigenvalue weighted by molar-refractivity contribution is 5.56. The molecule has 3 heterocycles. The average molecular weight is 288 g/mol. The number of fused-ring (bicyclic) bond motifs is 1. The Balaban J connectivity index is 1.85. The number of piperidine rings is 1. The van der Waals surface area contributed by atoms with Crippen LogP contribution in [0.15, 0.2) is 24.4 Å². The van der Waals surface area contributed by atoms with Gasteiger partial charge in [0.25, 0.3) is 0 Å². The van der Waals surface area contributed by atoms with Crippen molar-refractivity contribution in [1.29, 1.82) is 0 Å². The second kappa shape index (κ2) is 6.45. The molecule has 2 aromatic rings. The fraction of sp³-hybridized carbons (Fsp3) is 0.562. The van der Waals surface area contributed by atoms with Gasteiger partial charge >= 0.3 is 0 Å². The number of aromatic nitrogens is 2. The van der Waals surface area contributed by atoms with Crippen molar-refractivity contribution in [2.45, 2.75) is 19.4 Å². The van der Waals surface area contributed by atoms with E-state index in [2.05, 4.69) is 32.9 Å². The molecule has 1 saturated heterocycles. The van der Waals surface area contributed by atoms with E-state index in [1.807, 2.05) is 13.1 Å². The Labute approximate surface area is 125 Å². The van der Waals surface area contributed by atoms with Gasteiger partial charge in [0.1, 0.15) is 5.65 Å². The molecule has 0 aromatic carbocycles. The van der Waals surface area contributed by atoms with Crippen molar-refractivity contribution in [2.24, 2.45) is 5.92 Å². The molecular weight excluding hydrogens is 264 g/mol. The molecule has 0 spiro atoms. The molecule has 5 nitrogen and oxygen atoms in total. The third-order valence-electron chi connectivity index (χ3n) is 4.27. The van der Waals surface area contributed by atoms with Crippen LogP contribution >= 0.6 is 0 Å². The maximum Gasteiger partial charge on any atom is 0.152 e. The minimum absolute atomic E-state index is 0.691. The van der Waals surface area contributed by atoms with E-state index >= 15 is 0 Å². The lowest BCUT2D eigenvalue weighted by molar-refractivity contribution is 0.139. The van der Waals surface area contributed by atoms with Crippen molar-refractivity contribution in [1.82, 2.24) is 14.7 Å². The number of nitrogens with one attached hydrogen (secondary N) is 1. The van der Waals surface area contributed by atoms with Crippen molar-refractivity contribution in [3.63, 3.8) is 0 Å². The Morgan fingerprint density at radius 3 is 2.86 bits per heavy atom. The standard InChI is InChI=1S/C16H24N4O/c1-17-11-14-16(18-15-5-3-4-8-20(14)15)19-9-6-13(7-10-19)12-21-2/h3-5,8,13,17H,6-7,9-12H2,1-2H3. The third-order valence-corrected chi connectivity index (χ3v) is 4.27. The van der Waals surface area contributed by atoms with Crippen molar-refractivity contribution in [2.75, 3.05) is 38.8 Å². The van der Waals surface area contributed by atoms with Crippen LogP contribution in [0.3, 0.4) is 0 Å². The monoisotopic (exact) mass is 288 g/mol. The Morgan fingerprint density at radius 2 is 2.14 bits per heavy atom. The summed E-state index contributed by atoms with van der Waals surface area (Å²) in [5, 5.41) is 3.26. The lowest BCUT2D eigenvalue weighted by atomic mass is 9.98. The zero-order valence-corrected chi connectivity index (χ0v) is 12.9. The van der Waals surface area contributed by atoms with Crippen molar-refractivity contribution < 1.29 is 4.74 Å². The number of imidazole rings is 1. The van der Waals surface area contributed by atoms with Crippen LogP contribution in [0.25, 0.3) is 5.65 Å². The first-order valence-corrected chi connectivity index (χ1v) is 7.68. The normalized spacial score (nSPS) is 16.8. The molecule has 21 heavy (non-hydrogen) atoms. The van der Waals surface area contributed by atoms with Crippen molar-refractivity contribution >= 4 is 11.5 Å². The number of ether oxygens (including phenoxy) is 1. The number of hydrogen-bond acceptors (Lipinski definition) is 4. The SMILES string of the molecule is CNCc1c(N2CCC(COC)CC2)nc2ccccn12. The molecule has 1 fully saturated rings. The Morgan fingerprint density at radius 1 is 1.33 bits per heavy atom. The summed E-state index contributed by atoms with van der Waals surface area (Å²) >= 11 is 0. The predicted octanol–water partition coefficient (Wildman–Crippen LogP) is 1.92. The van der Waals surface area contributed by atoms with E-state index in [-0.39, 0.29) is 0 Å². The summed E-state index contributed by atoms with van der Waals surface area (Å²) in [6, 6.07) is 6.17. The maximum absolute atomic E-state index is 5.28. The Bertz CT molecular complexity index is 587. The van der Waals surface area contributed by atoms with Gasteiger partial charge in [-0.15, -0.1) is 0 Å². The summed E-state index contributed by atoms with van der Waals surface area (Å²) in [5.74, 6) is 1.82. The molecule has 2 aromatic heterocycles. The zero-order valence-electron chi connectivity index (χ0n) is 12.9. The molecule has 114 valence electrons. The minimum atomic E-state index is 0.691. The highest BCUT2D eigenvalue weighted by Crippen LogP contribution is 2.27. The first-order valence-electron chi connectivity index (χ1n) is 7.68. The molecule has 3 rings (SSSR count). The van der Waals surface area contributed by atoms with Crippen LogP contribution in [0, 0.1) is 5.92 Å². The van der Waals surface area contributed by atoms with E-state index in [0.29, 0.717) is 5.92 Å². The summed E-state index contributed by atoms with van der Waals surface area (Å²) in [5.41, 5.74) is 2.27. The van der Waals surface area contributed by atoms with Gasteiger partial charge in [0.05, 0.1) is 5.69 Å². The zero-order chi connectivity index (χ0) is 14.7. The van der Waals surface area contributed by atoms with Crippen molar-refractivity contribution in [3.8, 4) is 0 Å². The highest BCUT2D eigenvalue weighted by Gasteiger charge is 2.23. The summed E-state index contributed by atoms with van der Waals surface area (Å²) in [4.78, 5) is 7.27. The minimum Gasteiger partial charge on any atom is -0.384 e.